The summed E-state index contributed by atoms with van der Waals surface area (Å²) in [5.41, 5.74) is 11.9. The Bertz CT molecular complexity index is 1090. The first-order chi connectivity index (χ1) is 14.2. The number of carbonyl (C=O) groups excluding carboxylic acids is 1. The molecule has 0 aliphatic carbocycles. The van der Waals surface area contributed by atoms with Crippen molar-refractivity contribution in [3.8, 4) is 11.1 Å². The number of aromatic nitrogens is 1. The van der Waals surface area contributed by atoms with Gasteiger partial charge in [0.1, 0.15) is 0 Å². The minimum atomic E-state index is -0.333. The molecule has 0 fully saturated rings. The average molecular weight is 446 g/mol. The van der Waals surface area contributed by atoms with Gasteiger partial charge in [-0.2, -0.15) is 0 Å². The molecule has 0 unspecified atom stereocenters. The second kappa shape index (κ2) is 10.5. The van der Waals surface area contributed by atoms with Gasteiger partial charge in [-0.05, 0) is 34.9 Å². The van der Waals surface area contributed by atoms with Crippen LogP contribution in [-0.2, 0) is 13.6 Å². The van der Waals surface area contributed by atoms with E-state index in [0.717, 1.165) is 16.7 Å². The van der Waals surface area contributed by atoms with Crippen LogP contribution in [0.25, 0.3) is 11.1 Å². The van der Waals surface area contributed by atoms with Crippen molar-refractivity contribution in [3.63, 3.8) is 0 Å². The van der Waals surface area contributed by atoms with Crippen molar-refractivity contribution < 1.29 is 4.79 Å². The Morgan fingerprint density at radius 3 is 2.13 bits per heavy atom. The highest BCUT2D eigenvalue weighted by atomic mass is 35.5. The van der Waals surface area contributed by atoms with E-state index >= 15 is 0 Å². The lowest BCUT2D eigenvalue weighted by Crippen LogP contribution is -2.23. The molecule has 7 nitrogen and oxygen atoms in total. The first-order valence-corrected chi connectivity index (χ1v) is 9.52. The third-order valence-corrected chi connectivity index (χ3v) is 4.66. The molecule has 0 aliphatic heterocycles. The van der Waals surface area contributed by atoms with Crippen LogP contribution in [0.5, 0.6) is 0 Å². The zero-order chi connectivity index (χ0) is 22.3. The van der Waals surface area contributed by atoms with E-state index in [1.165, 1.54) is 4.57 Å². The SMILES string of the molecule is Cn1ccc(-c2ccc(CNC(=O)c3c(Cl)cccc3Cl)cc2)cc1=O.N=C(N)N. The third-order valence-electron chi connectivity index (χ3n) is 4.03. The molecule has 3 aromatic rings. The van der Waals surface area contributed by atoms with Crippen molar-refractivity contribution in [2.75, 3.05) is 0 Å². The van der Waals surface area contributed by atoms with Crippen molar-refractivity contribution in [1.29, 1.82) is 5.41 Å². The normalized spacial score (nSPS) is 9.97. The third kappa shape index (κ3) is 6.37. The first-order valence-electron chi connectivity index (χ1n) is 8.76. The summed E-state index contributed by atoms with van der Waals surface area (Å²) < 4.78 is 1.52. The summed E-state index contributed by atoms with van der Waals surface area (Å²) in [6, 6.07) is 16.1. The number of nitrogens with zero attached hydrogens (tertiary/aromatic N) is 1. The Hall–Kier alpha value is -3.29. The average Bonchev–Trinajstić information content (AvgIpc) is 2.68. The molecule has 1 aromatic heterocycles. The molecule has 0 saturated heterocycles. The zero-order valence-corrected chi connectivity index (χ0v) is 17.7. The van der Waals surface area contributed by atoms with Gasteiger partial charge in [-0.3, -0.25) is 15.0 Å². The zero-order valence-electron chi connectivity index (χ0n) is 16.2. The molecule has 30 heavy (non-hydrogen) atoms. The minimum absolute atomic E-state index is 0.0598. The molecule has 1 heterocycles. The van der Waals surface area contributed by atoms with Crippen molar-refractivity contribution >= 4 is 35.1 Å². The number of amides is 1. The molecule has 0 spiro atoms. The molecule has 0 atom stereocenters. The van der Waals surface area contributed by atoms with Crippen molar-refractivity contribution in [2.45, 2.75) is 6.54 Å². The molecule has 2 aromatic carbocycles. The molecule has 3 rings (SSSR count). The fraction of sp³-hybridized carbons (Fsp3) is 0.0952. The molecular formula is C21H21Cl2N5O2. The van der Waals surface area contributed by atoms with E-state index in [1.807, 2.05) is 30.3 Å². The fourth-order valence-corrected chi connectivity index (χ4v) is 3.10. The Kier molecular flexibility index (Phi) is 8.03. The van der Waals surface area contributed by atoms with Crippen LogP contribution in [0.1, 0.15) is 15.9 Å². The number of carbonyl (C=O) groups is 1. The number of aryl methyl sites for hydroxylation is 1. The van der Waals surface area contributed by atoms with Crippen LogP contribution in [0.15, 0.2) is 65.6 Å². The van der Waals surface area contributed by atoms with Gasteiger partial charge >= 0.3 is 0 Å². The Morgan fingerprint density at radius 1 is 1.03 bits per heavy atom. The maximum Gasteiger partial charge on any atom is 0.254 e. The molecule has 6 N–H and O–H groups in total. The molecule has 0 bridgehead atoms. The largest absolute Gasteiger partial charge is 0.370 e. The number of halogens is 2. The molecular weight excluding hydrogens is 425 g/mol. The Morgan fingerprint density at radius 2 is 1.60 bits per heavy atom. The number of guanidine groups is 1. The van der Waals surface area contributed by atoms with Crippen LogP contribution in [0.4, 0.5) is 0 Å². The second-order valence-corrected chi connectivity index (χ2v) is 7.11. The monoisotopic (exact) mass is 445 g/mol. The maximum atomic E-state index is 12.3. The number of pyridine rings is 1. The van der Waals surface area contributed by atoms with E-state index in [4.69, 9.17) is 28.6 Å². The highest BCUT2D eigenvalue weighted by molar-refractivity contribution is 6.39. The maximum absolute atomic E-state index is 12.3. The Balaban J connectivity index is 0.000000735. The van der Waals surface area contributed by atoms with Gasteiger partial charge in [0.2, 0.25) is 0 Å². The van der Waals surface area contributed by atoms with E-state index in [-0.39, 0.29) is 23.0 Å². The summed E-state index contributed by atoms with van der Waals surface area (Å²) in [6.45, 7) is 0.344. The van der Waals surface area contributed by atoms with Crippen LogP contribution in [0, 0.1) is 5.41 Å². The van der Waals surface area contributed by atoms with Crippen LogP contribution in [0.2, 0.25) is 10.0 Å². The van der Waals surface area contributed by atoms with E-state index in [0.29, 0.717) is 16.6 Å². The summed E-state index contributed by atoms with van der Waals surface area (Å²) >= 11 is 12.1. The topological polar surface area (TPSA) is 127 Å². The molecule has 1 amide bonds. The quantitative estimate of drug-likeness (QED) is 0.363. The highest BCUT2D eigenvalue weighted by Gasteiger charge is 2.14. The Labute approximate surface area is 183 Å². The van der Waals surface area contributed by atoms with E-state index < -0.39 is 0 Å². The van der Waals surface area contributed by atoms with Gasteiger partial charge in [0.15, 0.2) is 5.96 Å². The lowest BCUT2D eigenvalue weighted by atomic mass is 10.0. The highest BCUT2D eigenvalue weighted by Crippen LogP contribution is 2.24. The predicted molar refractivity (Wildman–Crippen MR) is 121 cm³/mol. The number of hydrogen-bond donors (Lipinski definition) is 4. The summed E-state index contributed by atoms with van der Waals surface area (Å²) in [6.07, 6.45) is 1.74. The molecule has 9 heteroatoms. The smallest absolute Gasteiger partial charge is 0.254 e. The molecule has 156 valence electrons. The van der Waals surface area contributed by atoms with Crippen molar-refractivity contribution in [3.05, 3.63) is 92.3 Å². The van der Waals surface area contributed by atoms with Crippen LogP contribution >= 0.6 is 23.2 Å². The van der Waals surface area contributed by atoms with E-state index in [2.05, 4.69) is 16.8 Å². The number of nitrogens with one attached hydrogen (secondary N) is 2. The van der Waals surface area contributed by atoms with Gasteiger partial charge in [0.05, 0.1) is 15.6 Å². The summed E-state index contributed by atoms with van der Waals surface area (Å²) in [7, 11) is 1.71. The van der Waals surface area contributed by atoms with E-state index in [1.54, 1.807) is 37.5 Å². The predicted octanol–water partition coefficient (Wildman–Crippen LogP) is 3.13. The van der Waals surface area contributed by atoms with Gasteiger partial charge in [-0.1, -0.05) is 53.5 Å². The number of rotatable bonds is 4. The van der Waals surface area contributed by atoms with Crippen LogP contribution in [-0.4, -0.2) is 16.4 Å². The fourth-order valence-electron chi connectivity index (χ4n) is 2.53. The lowest BCUT2D eigenvalue weighted by molar-refractivity contribution is 0.0951. The van der Waals surface area contributed by atoms with E-state index in [9.17, 15) is 9.59 Å². The van der Waals surface area contributed by atoms with Crippen LogP contribution < -0.4 is 22.3 Å². The second-order valence-electron chi connectivity index (χ2n) is 6.30. The van der Waals surface area contributed by atoms with Gasteiger partial charge < -0.3 is 21.4 Å². The summed E-state index contributed by atoms with van der Waals surface area (Å²) in [4.78, 5) is 24.0. The minimum Gasteiger partial charge on any atom is -0.370 e. The van der Waals surface area contributed by atoms with Gasteiger partial charge in [0, 0.05) is 25.9 Å². The molecule has 0 radical (unpaired) electrons. The number of nitrogens with two attached hydrogens (primary N) is 2. The van der Waals surface area contributed by atoms with Gasteiger partial charge in [-0.25, -0.2) is 0 Å². The summed E-state index contributed by atoms with van der Waals surface area (Å²) in [5, 5.41) is 9.50. The van der Waals surface area contributed by atoms with Gasteiger partial charge in [-0.15, -0.1) is 0 Å². The standard InChI is InChI=1S/C20H16Cl2N2O2.CH5N3/c1-24-10-9-15(11-18(24)25)14-7-5-13(6-8-14)12-23-20(26)19-16(21)3-2-4-17(19)22;2-1(3)4/h2-11H,12H2,1H3,(H,23,26);(H5,2,3,4). The van der Waals surface area contributed by atoms with Gasteiger partial charge in [0.25, 0.3) is 11.5 Å². The number of benzene rings is 2. The van der Waals surface area contributed by atoms with Crippen LogP contribution in [0.3, 0.4) is 0 Å². The first kappa shape index (κ1) is 23.0. The summed E-state index contributed by atoms with van der Waals surface area (Å²) in [5.74, 6) is -0.656. The van der Waals surface area contributed by atoms with Crippen molar-refractivity contribution in [1.82, 2.24) is 9.88 Å². The van der Waals surface area contributed by atoms with Crippen molar-refractivity contribution in [2.24, 2.45) is 18.5 Å². The molecule has 0 aliphatic rings. The lowest BCUT2D eigenvalue weighted by Gasteiger charge is -2.09. The molecule has 0 saturated carbocycles. The number of hydrogen-bond acceptors (Lipinski definition) is 3.